The standard InChI is InChI=1S/C62H107N2O7P/c1-7-10-13-16-19-22-25-28-30-32-34-36-39-42-45-48-51-54-61(65)63-59(58-70-72(67,68)69-57-56-64(4,5)6)60(53-50-47-44-41-38-27-24-21-18-15-12-9-3)71-62(66)55-52-49-46-43-40-37-35-33-31-29-26-23-20-17-14-11-8-2/h19-20,22-23,28-31,34-37,42-43,45-46,50,53,59-60H,7-18,21,24-27,32-33,38-41,44,47-49,51-52,54-58H2,1-6H3,(H-,63,65,67,68)/p+1/b22-19-,23-20-,30-28-,31-29-,36-34-,37-35-,45-42-,46-43-,53-50+. The molecule has 9 nitrogen and oxygen atoms in total. The third kappa shape index (κ3) is 51.6. The van der Waals surface area contributed by atoms with E-state index in [0.29, 0.717) is 23.9 Å². The second kappa shape index (κ2) is 51.2. The molecule has 0 saturated heterocycles. The molecular formula is C62H108N2O7P+. The number of allylic oxidation sites excluding steroid dienone is 17. The van der Waals surface area contributed by atoms with Gasteiger partial charge in [0, 0.05) is 12.8 Å². The van der Waals surface area contributed by atoms with Gasteiger partial charge in [-0.25, -0.2) is 4.57 Å². The normalized spacial score (nSPS) is 14.6. The average Bonchev–Trinajstić information content (AvgIpc) is 3.34. The molecule has 0 saturated carbocycles. The van der Waals surface area contributed by atoms with E-state index < -0.39 is 25.9 Å². The predicted octanol–water partition coefficient (Wildman–Crippen LogP) is 17.4. The Bertz CT molecular complexity index is 1600. The van der Waals surface area contributed by atoms with Gasteiger partial charge in [-0.15, -0.1) is 0 Å². The van der Waals surface area contributed by atoms with Crippen LogP contribution in [0.25, 0.3) is 0 Å². The summed E-state index contributed by atoms with van der Waals surface area (Å²) in [7, 11) is 1.42. The number of esters is 1. The zero-order chi connectivity index (χ0) is 52.9. The molecule has 0 heterocycles. The van der Waals surface area contributed by atoms with Crippen molar-refractivity contribution in [1.82, 2.24) is 5.32 Å². The van der Waals surface area contributed by atoms with E-state index in [1.807, 2.05) is 33.3 Å². The Morgan fingerprint density at radius 3 is 1.29 bits per heavy atom. The summed E-state index contributed by atoms with van der Waals surface area (Å²) in [6.07, 6.45) is 69.6. The van der Waals surface area contributed by atoms with E-state index in [1.54, 1.807) is 0 Å². The Kier molecular flexibility index (Phi) is 48.8. The van der Waals surface area contributed by atoms with E-state index in [-0.39, 0.29) is 32.0 Å². The number of carbonyl (C=O) groups excluding carboxylic acids is 2. The first-order valence-electron chi connectivity index (χ1n) is 28.7. The van der Waals surface area contributed by atoms with Crippen molar-refractivity contribution in [2.24, 2.45) is 0 Å². The summed E-state index contributed by atoms with van der Waals surface area (Å²) in [6.45, 7) is 6.85. The van der Waals surface area contributed by atoms with Gasteiger partial charge in [0.1, 0.15) is 19.3 Å². The van der Waals surface area contributed by atoms with Gasteiger partial charge < -0.3 is 19.4 Å². The SMILES string of the molecule is CCCCC/C=C\C/C=C\C/C=C\C/C=C\CCCC(=O)NC(COP(=O)(O)OCC[N+](C)(C)C)C(/C=C/CCCCCCCCCCCC)OC(=O)CCC/C=C\C/C=C\C/C=C\C/C=C\CCCCC. The second-order valence-corrected chi connectivity index (χ2v) is 21.6. The first-order chi connectivity index (χ1) is 34.9. The van der Waals surface area contributed by atoms with Crippen molar-refractivity contribution in [2.75, 3.05) is 40.9 Å². The maximum Gasteiger partial charge on any atom is 0.472 e. The van der Waals surface area contributed by atoms with Crippen molar-refractivity contribution in [3.8, 4) is 0 Å². The quantitative estimate of drug-likeness (QED) is 0.0205. The van der Waals surface area contributed by atoms with Gasteiger partial charge in [0.2, 0.25) is 5.91 Å². The second-order valence-electron chi connectivity index (χ2n) is 20.1. The van der Waals surface area contributed by atoms with Gasteiger partial charge in [-0.1, -0.05) is 208 Å². The van der Waals surface area contributed by atoms with Crippen molar-refractivity contribution in [2.45, 2.75) is 232 Å². The number of hydrogen-bond donors (Lipinski definition) is 2. The summed E-state index contributed by atoms with van der Waals surface area (Å²) >= 11 is 0. The topological polar surface area (TPSA) is 111 Å². The van der Waals surface area contributed by atoms with E-state index in [4.69, 9.17) is 13.8 Å². The number of nitrogens with zero attached hydrogens (tertiary/aromatic N) is 1. The van der Waals surface area contributed by atoms with Crippen LogP contribution in [0.1, 0.15) is 220 Å². The van der Waals surface area contributed by atoms with Crippen LogP contribution >= 0.6 is 7.82 Å². The molecule has 2 N–H and O–H groups in total. The van der Waals surface area contributed by atoms with Crippen LogP contribution in [0.3, 0.4) is 0 Å². The average molecular weight is 1020 g/mol. The molecule has 0 bridgehead atoms. The molecule has 412 valence electrons. The summed E-state index contributed by atoms with van der Waals surface area (Å²) in [5, 5.41) is 3.00. The zero-order valence-electron chi connectivity index (χ0n) is 46.9. The highest BCUT2D eigenvalue weighted by Crippen LogP contribution is 2.43. The summed E-state index contributed by atoms with van der Waals surface area (Å²) in [5.41, 5.74) is 0. The lowest BCUT2D eigenvalue weighted by molar-refractivity contribution is -0.870. The largest absolute Gasteiger partial charge is 0.472 e. The van der Waals surface area contributed by atoms with Crippen molar-refractivity contribution in [3.63, 3.8) is 0 Å². The number of carbonyl (C=O) groups is 2. The lowest BCUT2D eigenvalue weighted by atomic mass is 10.1. The molecule has 0 aromatic carbocycles. The number of hydrogen-bond acceptors (Lipinski definition) is 6. The minimum atomic E-state index is -4.48. The molecule has 1 amide bonds. The molecule has 0 rings (SSSR count). The third-order valence-corrected chi connectivity index (χ3v) is 12.9. The van der Waals surface area contributed by atoms with Gasteiger partial charge >= 0.3 is 13.8 Å². The maximum atomic E-state index is 13.5. The zero-order valence-corrected chi connectivity index (χ0v) is 47.8. The smallest absolute Gasteiger partial charge is 0.456 e. The van der Waals surface area contributed by atoms with Crippen molar-refractivity contribution in [1.29, 1.82) is 0 Å². The van der Waals surface area contributed by atoms with Gasteiger partial charge in [0.05, 0.1) is 33.8 Å². The fourth-order valence-corrected chi connectivity index (χ4v) is 8.19. The Labute approximate surface area is 442 Å². The van der Waals surface area contributed by atoms with Gasteiger partial charge in [-0.2, -0.15) is 0 Å². The predicted molar refractivity (Wildman–Crippen MR) is 309 cm³/mol. The molecule has 0 fully saturated rings. The lowest BCUT2D eigenvalue weighted by Crippen LogP contribution is -2.47. The monoisotopic (exact) mass is 1020 g/mol. The van der Waals surface area contributed by atoms with Crippen LogP contribution in [0.5, 0.6) is 0 Å². The number of phosphoric acid groups is 1. The van der Waals surface area contributed by atoms with Crippen LogP contribution in [-0.2, 0) is 27.9 Å². The van der Waals surface area contributed by atoms with Crippen molar-refractivity contribution >= 4 is 19.7 Å². The first kappa shape index (κ1) is 68.7. The van der Waals surface area contributed by atoms with Gasteiger partial charge in [0.15, 0.2) is 0 Å². The van der Waals surface area contributed by atoms with Crippen LogP contribution in [0, 0.1) is 0 Å². The minimum Gasteiger partial charge on any atom is -0.456 e. The van der Waals surface area contributed by atoms with Gasteiger partial charge in [0.25, 0.3) is 0 Å². The molecule has 10 heteroatoms. The highest BCUT2D eigenvalue weighted by Gasteiger charge is 2.30. The molecule has 0 aromatic rings. The van der Waals surface area contributed by atoms with E-state index >= 15 is 0 Å². The van der Waals surface area contributed by atoms with Crippen LogP contribution in [0.4, 0.5) is 0 Å². The Balaban J connectivity index is 5.55. The number of phosphoric ester groups is 1. The van der Waals surface area contributed by atoms with Crippen LogP contribution < -0.4 is 5.32 Å². The van der Waals surface area contributed by atoms with E-state index in [2.05, 4.69) is 123 Å². The molecule has 72 heavy (non-hydrogen) atoms. The first-order valence-corrected chi connectivity index (χ1v) is 30.2. The molecule has 0 radical (unpaired) electrons. The fourth-order valence-electron chi connectivity index (χ4n) is 7.45. The number of ether oxygens (including phenoxy) is 1. The number of quaternary nitrogens is 1. The van der Waals surface area contributed by atoms with E-state index in [1.165, 1.54) is 103 Å². The highest BCUT2D eigenvalue weighted by molar-refractivity contribution is 7.47. The summed E-state index contributed by atoms with van der Waals surface area (Å²) in [6, 6.07) is -0.905. The third-order valence-electron chi connectivity index (χ3n) is 11.9. The fraction of sp³-hybridized carbons (Fsp3) is 0.677. The summed E-state index contributed by atoms with van der Waals surface area (Å²) < 4.78 is 30.5. The molecule has 0 aromatic heterocycles. The van der Waals surface area contributed by atoms with Crippen molar-refractivity contribution < 1.29 is 37.3 Å². The number of nitrogens with one attached hydrogen (secondary N) is 1. The number of unbranched alkanes of at least 4 members (excludes halogenated alkanes) is 18. The highest BCUT2D eigenvalue weighted by atomic mass is 31.2. The van der Waals surface area contributed by atoms with Crippen LogP contribution in [0.15, 0.2) is 109 Å². The minimum absolute atomic E-state index is 0.0163. The number of rotatable bonds is 50. The molecular weight excluding hydrogens is 916 g/mol. The summed E-state index contributed by atoms with van der Waals surface area (Å²) in [5.74, 6) is -0.645. The van der Waals surface area contributed by atoms with Crippen molar-refractivity contribution in [3.05, 3.63) is 109 Å². The van der Waals surface area contributed by atoms with E-state index in [9.17, 15) is 19.0 Å². The van der Waals surface area contributed by atoms with Crippen LogP contribution in [0.2, 0.25) is 0 Å². The maximum absolute atomic E-state index is 13.5. The summed E-state index contributed by atoms with van der Waals surface area (Å²) in [4.78, 5) is 37.5. The Morgan fingerprint density at radius 1 is 0.486 bits per heavy atom. The Morgan fingerprint density at radius 2 is 0.847 bits per heavy atom. The van der Waals surface area contributed by atoms with E-state index in [0.717, 1.165) is 70.6 Å². The molecule has 3 atom stereocenters. The Hall–Kier alpha value is -3.33. The number of likely N-dealkylation sites (N-methyl/N-ethyl adjacent to an activating group) is 1. The molecule has 0 aliphatic carbocycles. The molecule has 0 spiro atoms. The van der Waals surface area contributed by atoms with Crippen LogP contribution in [-0.4, -0.2) is 74.3 Å². The molecule has 0 aliphatic heterocycles. The van der Waals surface area contributed by atoms with Gasteiger partial charge in [-0.3, -0.25) is 18.6 Å². The number of amides is 1. The molecule has 0 aliphatic rings. The lowest BCUT2D eigenvalue weighted by Gasteiger charge is -2.27. The molecule has 3 unspecified atom stereocenters. The van der Waals surface area contributed by atoms with Gasteiger partial charge in [-0.05, 0) is 109 Å².